The van der Waals surface area contributed by atoms with Crippen LogP contribution in [-0.4, -0.2) is 18.2 Å². The fourth-order valence-electron chi connectivity index (χ4n) is 1.74. The van der Waals surface area contributed by atoms with E-state index >= 15 is 0 Å². The highest BCUT2D eigenvalue weighted by Gasteiger charge is 2.40. The molecule has 1 saturated heterocycles. The molecule has 0 aromatic heterocycles. The average Bonchev–Trinajstić information content (AvgIpc) is 2.30. The van der Waals surface area contributed by atoms with Crippen LogP contribution in [0.3, 0.4) is 0 Å². The summed E-state index contributed by atoms with van der Waals surface area (Å²) in [5.41, 5.74) is 0.0754. The van der Waals surface area contributed by atoms with E-state index in [4.69, 9.17) is 4.74 Å². The van der Waals surface area contributed by atoms with E-state index in [2.05, 4.69) is 33.0 Å². The first-order valence-corrected chi connectivity index (χ1v) is 4.92. The monoisotopic (exact) mass is 185 g/mol. The quantitative estimate of drug-likeness (QED) is 0.717. The van der Waals surface area contributed by atoms with Gasteiger partial charge in [-0.1, -0.05) is 34.1 Å². The number of alkyl carbamates (subject to hydrolysis) is 1. The second-order valence-electron chi connectivity index (χ2n) is 4.72. The molecule has 0 spiro atoms. The summed E-state index contributed by atoms with van der Waals surface area (Å²) in [6.07, 6.45) is 1.78. The van der Waals surface area contributed by atoms with Crippen molar-refractivity contribution in [1.29, 1.82) is 0 Å². The summed E-state index contributed by atoms with van der Waals surface area (Å²) >= 11 is 0. The fourth-order valence-corrected chi connectivity index (χ4v) is 1.74. The van der Waals surface area contributed by atoms with E-state index in [1.54, 1.807) is 0 Å². The molecule has 0 saturated carbocycles. The molecule has 0 aliphatic carbocycles. The molecule has 76 valence electrons. The van der Waals surface area contributed by atoms with E-state index in [1.165, 1.54) is 0 Å². The minimum absolute atomic E-state index is 0.0532. The summed E-state index contributed by atoms with van der Waals surface area (Å²) in [5.74, 6) is 0. The molecule has 1 aliphatic rings. The van der Waals surface area contributed by atoms with Crippen LogP contribution in [0.2, 0.25) is 0 Å². The zero-order chi connectivity index (χ0) is 10.1. The zero-order valence-electron chi connectivity index (χ0n) is 8.89. The lowest BCUT2D eigenvalue weighted by molar-refractivity contribution is 0.104. The Labute approximate surface area is 79.8 Å². The molecule has 0 radical (unpaired) electrons. The lowest BCUT2D eigenvalue weighted by Crippen LogP contribution is -2.42. The van der Waals surface area contributed by atoms with Gasteiger partial charge in [0, 0.05) is 0 Å². The number of cyclic esters (lactones) is 1. The Morgan fingerprint density at radius 1 is 1.46 bits per heavy atom. The van der Waals surface area contributed by atoms with Crippen LogP contribution < -0.4 is 5.32 Å². The van der Waals surface area contributed by atoms with Crippen molar-refractivity contribution >= 4 is 6.09 Å². The van der Waals surface area contributed by atoms with Crippen LogP contribution in [0.1, 0.15) is 40.5 Å². The normalized spacial score (nSPS) is 28.5. The summed E-state index contributed by atoms with van der Waals surface area (Å²) in [4.78, 5) is 11.1. The number of rotatable bonds is 2. The Balaban J connectivity index is 2.66. The SMILES string of the molecule is CCCC1OC(=O)NC1C(C)(C)C. The molecular formula is C10H19NO2. The van der Waals surface area contributed by atoms with Gasteiger partial charge in [-0.2, -0.15) is 0 Å². The third-order valence-electron chi connectivity index (χ3n) is 2.41. The molecule has 0 aromatic rings. The van der Waals surface area contributed by atoms with Gasteiger partial charge in [-0.3, -0.25) is 0 Å². The van der Waals surface area contributed by atoms with Crippen molar-refractivity contribution < 1.29 is 9.53 Å². The fraction of sp³-hybridized carbons (Fsp3) is 0.900. The third-order valence-corrected chi connectivity index (χ3v) is 2.41. The van der Waals surface area contributed by atoms with Crippen LogP contribution in [0.4, 0.5) is 4.79 Å². The van der Waals surface area contributed by atoms with Crippen molar-refractivity contribution in [3.63, 3.8) is 0 Å². The molecule has 0 bridgehead atoms. The van der Waals surface area contributed by atoms with Crippen LogP contribution in [0.5, 0.6) is 0 Å². The highest BCUT2D eigenvalue weighted by atomic mass is 16.6. The topological polar surface area (TPSA) is 38.3 Å². The summed E-state index contributed by atoms with van der Waals surface area (Å²) in [7, 11) is 0. The molecule has 2 atom stereocenters. The van der Waals surface area contributed by atoms with Gasteiger partial charge in [0.1, 0.15) is 6.10 Å². The van der Waals surface area contributed by atoms with Crippen LogP contribution in [0.25, 0.3) is 0 Å². The molecule has 13 heavy (non-hydrogen) atoms. The van der Waals surface area contributed by atoms with Crippen molar-refractivity contribution in [3.05, 3.63) is 0 Å². The highest BCUT2D eigenvalue weighted by Crippen LogP contribution is 2.29. The van der Waals surface area contributed by atoms with Gasteiger partial charge >= 0.3 is 6.09 Å². The minimum Gasteiger partial charge on any atom is -0.444 e. The van der Waals surface area contributed by atoms with Crippen LogP contribution in [0, 0.1) is 5.41 Å². The standard InChI is InChI=1S/C10H19NO2/c1-5-6-7-8(10(2,3)4)11-9(12)13-7/h7-8H,5-6H2,1-4H3,(H,11,12). The second kappa shape index (κ2) is 3.56. The first-order valence-electron chi connectivity index (χ1n) is 4.92. The van der Waals surface area contributed by atoms with Crippen molar-refractivity contribution in [2.24, 2.45) is 5.41 Å². The van der Waals surface area contributed by atoms with E-state index in [-0.39, 0.29) is 23.7 Å². The smallest absolute Gasteiger partial charge is 0.407 e. The molecule has 1 amide bonds. The summed E-state index contributed by atoms with van der Waals surface area (Å²) in [5, 5.41) is 2.87. The predicted molar refractivity (Wildman–Crippen MR) is 51.6 cm³/mol. The van der Waals surface area contributed by atoms with Gasteiger partial charge in [0.25, 0.3) is 0 Å². The first kappa shape index (κ1) is 10.4. The van der Waals surface area contributed by atoms with Crippen molar-refractivity contribution in [2.75, 3.05) is 0 Å². The Bertz CT molecular complexity index is 196. The molecule has 1 N–H and O–H groups in total. The first-order chi connectivity index (χ1) is 5.95. The second-order valence-corrected chi connectivity index (χ2v) is 4.72. The number of amides is 1. The van der Waals surface area contributed by atoms with Gasteiger partial charge in [0.05, 0.1) is 6.04 Å². The molecule has 1 rings (SSSR count). The van der Waals surface area contributed by atoms with E-state index in [0.717, 1.165) is 12.8 Å². The van der Waals surface area contributed by atoms with E-state index in [1.807, 2.05) is 0 Å². The lowest BCUT2D eigenvalue weighted by atomic mass is 9.83. The Kier molecular flexibility index (Phi) is 2.84. The maximum Gasteiger partial charge on any atom is 0.407 e. The van der Waals surface area contributed by atoms with Gasteiger partial charge in [-0.05, 0) is 11.8 Å². The number of nitrogens with one attached hydrogen (secondary N) is 1. The highest BCUT2D eigenvalue weighted by molar-refractivity contribution is 5.70. The lowest BCUT2D eigenvalue weighted by Gasteiger charge is -2.29. The van der Waals surface area contributed by atoms with Crippen LogP contribution in [-0.2, 0) is 4.74 Å². The zero-order valence-corrected chi connectivity index (χ0v) is 8.89. The summed E-state index contributed by atoms with van der Waals surface area (Å²) in [6.45, 7) is 8.46. The Morgan fingerprint density at radius 2 is 2.08 bits per heavy atom. The minimum atomic E-state index is -0.265. The number of carbonyl (C=O) groups is 1. The number of hydrogen-bond donors (Lipinski definition) is 1. The van der Waals surface area contributed by atoms with Crippen LogP contribution in [0.15, 0.2) is 0 Å². The van der Waals surface area contributed by atoms with E-state index < -0.39 is 0 Å². The van der Waals surface area contributed by atoms with Gasteiger partial charge < -0.3 is 10.1 Å². The predicted octanol–water partition coefficient (Wildman–Crippen LogP) is 2.31. The number of hydrogen-bond acceptors (Lipinski definition) is 2. The van der Waals surface area contributed by atoms with Gasteiger partial charge in [0.15, 0.2) is 0 Å². The average molecular weight is 185 g/mol. The van der Waals surface area contributed by atoms with Crippen LogP contribution >= 0.6 is 0 Å². The van der Waals surface area contributed by atoms with E-state index in [0.29, 0.717) is 0 Å². The molecule has 3 nitrogen and oxygen atoms in total. The van der Waals surface area contributed by atoms with Crippen molar-refractivity contribution in [3.8, 4) is 0 Å². The van der Waals surface area contributed by atoms with Gasteiger partial charge in [0.2, 0.25) is 0 Å². The van der Waals surface area contributed by atoms with Gasteiger partial charge in [-0.15, -0.1) is 0 Å². The number of ether oxygens (including phenoxy) is 1. The van der Waals surface area contributed by atoms with Crippen molar-refractivity contribution in [1.82, 2.24) is 5.32 Å². The molecule has 1 fully saturated rings. The summed E-state index contributed by atoms with van der Waals surface area (Å²) < 4.78 is 5.19. The van der Waals surface area contributed by atoms with Crippen molar-refractivity contribution in [2.45, 2.75) is 52.7 Å². The molecule has 0 aromatic carbocycles. The molecule has 3 heteroatoms. The molecule has 2 unspecified atom stereocenters. The largest absolute Gasteiger partial charge is 0.444 e. The van der Waals surface area contributed by atoms with E-state index in [9.17, 15) is 4.79 Å². The molecular weight excluding hydrogens is 166 g/mol. The molecule has 1 heterocycles. The third kappa shape index (κ3) is 2.36. The summed E-state index contributed by atoms with van der Waals surface area (Å²) in [6, 6.07) is 0.153. The van der Waals surface area contributed by atoms with Gasteiger partial charge in [-0.25, -0.2) is 4.79 Å². The Morgan fingerprint density at radius 3 is 2.54 bits per heavy atom. The Hall–Kier alpha value is -0.730. The molecule has 1 aliphatic heterocycles. The maximum absolute atomic E-state index is 11.1. The number of carbonyl (C=O) groups excluding carboxylic acids is 1. The maximum atomic E-state index is 11.1.